The van der Waals surface area contributed by atoms with Gasteiger partial charge in [-0.15, -0.1) is 0 Å². The number of hydrogen-bond donors (Lipinski definition) is 1. The van der Waals surface area contributed by atoms with E-state index >= 15 is 0 Å². The third-order valence-corrected chi connectivity index (χ3v) is 5.45. The van der Waals surface area contributed by atoms with Gasteiger partial charge in [-0.25, -0.2) is 0 Å². The van der Waals surface area contributed by atoms with E-state index in [2.05, 4.69) is 5.32 Å². The molecule has 3 aliphatic rings. The van der Waals surface area contributed by atoms with Crippen molar-refractivity contribution < 1.29 is 23.7 Å². The summed E-state index contributed by atoms with van der Waals surface area (Å²) in [5.74, 6) is 2.77. The number of hydrazine groups is 1. The Morgan fingerprint density at radius 3 is 2.50 bits per heavy atom. The van der Waals surface area contributed by atoms with Crippen LogP contribution in [-0.4, -0.2) is 54.1 Å². The van der Waals surface area contributed by atoms with Gasteiger partial charge in [0.15, 0.2) is 28.1 Å². The smallest absolute Gasteiger partial charge is 0.245 e. The first kappa shape index (κ1) is 18.8. The molecule has 0 aliphatic carbocycles. The van der Waals surface area contributed by atoms with Crippen molar-refractivity contribution in [3.8, 4) is 23.0 Å². The molecule has 0 atom stereocenters. The molecule has 0 spiro atoms. The maximum Gasteiger partial charge on any atom is 0.245 e. The van der Waals surface area contributed by atoms with Crippen molar-refractivity contribution in [2.24, 2.45) is 0 Å². The van der Waals surface area contributed by atoms with Gasteiger partial charge < -0.3 is 24.3 Å². The lowest BCUT2D eigenvalue weighted by Gasteiger charge is -2.30. The molecule has 0 radical (unpaired) electrons. The van der Waals surface area contributed by atoms with E-state index in [4.69, 9.17) is 31.2 Å². The van der Waals surface area contributed by atoms with E-state index < -0.39 is 0 Å². The number of nitrogens with zero attached hydrogens (tertiary/aromatic N) is 2. The van der Waals surface area contributed by atoms with E-state index in [9.17, 15) is 4.79 Å². The number of rotatable bonds is 3. The van der Waals surface area contributed by atoms with Crippen LogP contribution >= 0.6 is 12.2 Å². The number of thiocarbonyl (C=S) groups is 1. The Kier molecular flexibility index (Phi) is 4.96. The van der Waals surface area contributed by atoms with Gasteiger partial charge in [0.05, 0.1) is 6.42 Å². The van der Waals surface area contributed by atoms with Crippen LogP contribution in [0.15, 0.2) is 36.4 Å². The van der Waals surface area contributed by atoms with Gasteiger partial charge in [0, 0.05) is 24.8 Å². The third-order valence-electron chi connectivity index (χ3n) is 5.14. The summed E-state index contributed by atoms with van der Waals surface area (Å²) in [6.45, 7) is 2.60. The van der Waals surface area contributed by atoms with Gasteiger partial charge >= 0.3 is 0 Å². The van der Waals surface area contributed by atoms with E-state index in [1.54, 1.807) is 5.01 Å². The lowest BCUT2D eigenvalue weighted by Crippen LogP contribution is -2.47. The lowest BCUT2D eigenvalue weighted by molar-refractivity contribution is -0.137. The number of ether oxygens (including phenoxy) is 4. The normalized spacial score (nSPS) is 16.5. The number of carbonyl (C=O) groups is 1. The maximum atomic E-state index is 13.0. The zero-order valence-corrected chi connectivity index (χ0v) is 17.1. The largest absolute Gasteiger partial charge is 0.486 e. The van der Waals surface area contributed by atoms with E-state index in [0.717, 1.165) is 23.4 Å². The summed E-state index contributed by atoms with van der Waals surface area (Å²) in [7, 11) is 0. The lowest BCUT2D eigenvalue weighted by atomic mass is 10.1. The van der Waals surface area contributed by atoms with Gasteiger partial charge in [-0.2, -0.15) is 0 Å². The molecule has 5 rings (SSSR count). The summed E-state index contributed by atoms with van der Waals surface area (Å²) in [6.07, 6.45) is 1.12. The molecule has 1 amide bonds. The monoisotopic (exact) mass is 427 g/mol. The number of fused-ring (bicyclic) bond motifs is 2. The molecular weight excluding hydrogens is 406 g/mol. The van der Waals surface area contributed by atoms with Crippen LogP contribution in [0, 0.1) is 0 Å². The summed E-state index contributed by atoms with van der Waals surface area (Å²) >= 11 is 5.59. The number of amides is 1. The zero-order valence-electron chi connectivity index (χ0n) is 16.3. The zero-order chi connectivity index (χ0) is 20.5. The third kappa shape index (κ3) is 3.68. The predicted molar refractivity (Wildman–Crippen MR) is 113 cm³/mol. The second kappa shape index (κ2) is 7.91. The minimum atomic E-state index is -0.0160. The van der Waals surface area contributed by atoms with Gasteiger partial charge in [0.25, 0.3) is 0 Å². The highest BCUT2D eigenvalue weighted by Gasteiger charge is 2.29. The van der Waals surface area contributed by atoms with Crippen molar-refractivity contribution in [2.45, 2.75) is 12.8 Å². The first-order valence-corrected chi connectivity index (χ1v) is 10.3. The molecule has 3 heterocycles. The number of carbonyl (C=O) groups excluding carboxylic acids is 1. The predicted octanol–water partition coefficient (Wildman–Crippen LogP) is 2.58. The number of hydrogen-bond acceptors (Lipinski definition) is 6. The molecule has 0 unspecified atom stereocenters. The summed E-state index contributed by atoms with van der Waals surface area (Å²) in [4.78, 5) is 13.0. The topological polar surface area (TPSA) is 72.5 Å². The van der Waals surface area contributed by atoms with Crippen molar-refractivity contribution in [3.05, 3.63) is 42.0 Å². The van der Waals surface area contributed by atoms with Gasteiger partial charge in [-0.1, -0.05) is 6.07 Å². The molecule has 1 saturated heterocycles. The average Bonchev–Trinajstić information content (AvgIpc) is 3.43. The molecule has 0 aromatic heterocycles. The highest BCUT2D eigenvalue weighted by atomic mass is 32.1. The Morgan fingerprint density at radius 1 is 0.900 bits per heavy atom. The van der Waals surface area contributed by atoms with Gasteiger partial charge in [0.1, 0.15) is 13.2 Å². The molecule has 0 saturated carbocycles. The Morgan fingerprint density at radius 2 is 1.60 bits per heavy atom. The average molecular weight is 427 g/mol. The molecule has 8 nitrogen and oxygen atoms in total. The Hall–Kier alpha value is -3.20. The molecule has 0 bridgehead atoms. The first-order valence-electron chi connectivity index (χ1n) is 9.84. The van der Waals surface area contributed by atoms with Gasteiger partial charge in [-0.05, 0) is 48.5 Å². The van der Waals surface area contributed by atoms with Crippen LogP contribution in [0.2, 0.25) is 0 Å². The van der Waals surface area contributed by atoms with Crippen LogP contribution in [-0.2, 0) is 11.2 Å². The van der Waals surface area contributed by atoms with Crippen LogP contribution in [0.4, 0.5) is 5.69 Å². The SMILES string of the molecule is O=C(Cc1ccc2c(c1)OCO2)N1CCCN1C(=S)Nc1ccc2c(c1)OCCO2. The fourth-order valence-corrected chi connectivity index (χ4v) is 4.02. The molecule has 3 aliphatic heterocycles. The van der Waals surface area contributed by atoms with E-state index in [1.807, 2.05) is 41.4 Å². The van der Waals surface area contributed by atoms with Crippen LogP contribution < -0.4 is 24.3 Å². The minimum Gasteiger partial charge on any atom is -0.486 e. The fraction of sp³-hybridized carbons (Fsp3) is 0.333. The Balaban J connectivity index is 1.25. The number of nitrogens with one attached hydrogen (secondary N) is 1. The number of benzene rings is 2. The molecule has 2 aromatic rings. The minimum absolute atomic E-state index is 0.0160. The fourth-order valence-electron chi connectivity index (χ4n) is 3.71. The van der Waals surface area contributed by atoms with E-state index in [-0.39, 0.29) is 19.1 Å². The Labute approximate surface area is 179 Å². The maximum absolute atomic E-state index is 13.0. The molecule has 1 N–H and O–H groups in total. The van der Waals surface area contributed by atoms with Crippen molar-refractivity contribution >= 4 is 28.9 Å². The van der Waals surface area contributed by atoms with Gasteiger partial charge in [0.2, 0.25) is 12.7 Å². The Bertz CT molecular complexity index is 999. The van der Waals surface area contributed by atoms with Crippen LogP contribution in [0.25, 0.3) is 0 Å². The van der Waals surface area contributed by atoms with E-state index in [0.29, 0.717) is 48.7 Å². The number of anilines is 1. The molecular formula is C21H21N3O5S. The standard InChI is InChI=1S/C21H21N3O5S/c25-20(11-14-2-4-17-18(10-14)29-13-28-17)23-6-1-7-24(23)21(30)22-15-3-5-16-19(12-15)27-9-8-26-16/h2-5,10,12H,1,6-9,11,13H2,(H,22,30). The van der Waals surface area contributed by atoms with E-state index in [1.165, 1.54) is 0 Å². The second-order valence-corrected chi connectivity index (χ2v) is 7.53. The van der Waals surface area contributed by atoms with Crippen molar-refractivity contribution in [3.63, 3.8) is 0 Å². The highest BCUT2D eigenvalue weighted by molar-refractivity contribution is 7.80. The van der Waals surface area contributed by atoms with Crippen molar-refractivity contribution in [1.82, 2.24) is 10.0 Å². The summed E-state index contributed by atoms with van der Waals surface area (Å²) in [5.41, 5.74) is 1.67. The van der Waals surface area contributed by atoms with Crippen LogP contribution in [0.1, 0.15) is 12.0 Å². The van der Waals surface area contributed by atoms with Crippen molar-refractivity contribution in [1.29, 1.82) is 0 Å². The van der Waals surface area contributed by atoms with Crippen LogP contribution in [0.5, 0.6) is 23.0 Å². The summed E-state index contributed by atoms with van der Waals surface area (Å²) < 4.78 is 21.9. The van der Waals surface area contributed by atoms with Crippen LogP contribution in [0.3, 0.4) is 0 Å². The molecule has 156 valence electrons. The van der Waals surface area contributed by atoms with Gasteiger partial charge in [-0.3, -0.25) is 14.8 Å². The second-order valence-electron chi connectivity index (χ2n) is 7.15. The molecule has 30 heavy (non-hydrogen) atoms. The van der Waals surface area contributed by atoms with Crippen molar-refractivity contribution in [2.75, 3.05) is 38.4 Å². The molecule has 2 aromatic carbocycles. The molecule has 9 heteroatoms. The summed E-state index contributed by atoms with van der Waals surface area (Å²) in [5, 5.41) is 7.21. The summed E-state index contributed by atoms with van der Waals surface area (Å²) in [6, 6.07) is 11.2. The quantitative estimate of drug-likeness (QED) is 0.750. The molecule has 1 fully saturated rings. The highest BCUT2D eigenvalue weighted by Crippen LogP contribution is 2.34. The first-order chi connectivity index (χ1) is 14.7.